The largest absolute Gasteiger partial charge is 0.339 e. The summed E-state index contributed by atoms with van der Waals surface area (Å²) in [6, 6.07) is 12.0. The van der Waals surface area contributed by atoms with E-state index in [0.717, 1.165) is 17.3 Å². The second-order valence-corrected chi connectivity index (χ2v) is 9.93. The predicted octanol–water partition coefficient (Wildman–Crippen LogP) is 5.40. The smallest absolute Gasteiger partial charge is 0.332 e. The number of anilines is 3. The Bertz CT molecular complexity index is 1230. The molecule has 2 aromatic heterocycles. The molecule has 0 unspecified atom stereocenters. The van der Waals surface area contributed by atoms with E-state index < -0.39 is 11.4 Å². The van der Waals surface area contributed by atoms with E-state index in [0.29, 0.717) is 17.2 Å². The maximum absolute atomic E-state index is 13.4. The van der Waals surface area contributed by atoms with Crippen LogP contribution in [-0.2, 0) is 16.8 Å². The van der Waals surface area contributed by atoms with Crippen molar-refractivity contribution in [2.75, 3.05) is 10.2 Å². The van der Waals surface area contributed by atoms with Gasteiger partial charge in [-0.2, -0.15) is 0 Å². The highest BCUT2D eigenvalue weighted by atomic mass is 19.1. The number of imide groups is 1. The molecule has 1 aliphatic heterocycles. The predicted molar refractivity (Wildman–Crippen MR) is 129 cm³/mol. The van der Waals surface area contributed by atoms with E-state index in [1.165, 1.54) is 17.2 Å². The summed E-state index contributed by atoms with van der Waals surface area (Å²) in [7, 11) is 0. The van der Waals surface area contributed by atoms with E-state index in [1.54, 1.807) is 37.1 Å². The molecule has 0 radical (unpaired) electrons. The molecule has 4 rings (SSSR count). The summed E-state index contributed by atoms with van der Waals surface area (Å²) < 4.78 is 13.4. The lowest BCUT2D eigenvalue weighted by Gasteiger charge is -2.27. The Kier molecular flexibility index (Phi) is 5.85. The SMILES string of the molecule is CC(C)(C)c1ccc(N2C(=O)N(Cc3ccnc(Nc4cncc(F)c4)c3)C(C)(C)C2=O)cc1. The number of pyridine rings is 2. The molecule has 34 heavy (non-hydrogen) atoms. The van der Waals surface area contributed by atoms with Crippen LogP contribution in [0.4, 0.5) is 26.4 Å². The minimum Gasteiger partial charge on any atom is -0.339 e. The molecular weight excluding hydrogens is 433 g/mol. The molecule has 3 heterocycles. The fourth-order valence-electron chi connectivity index (χ4n) is 3.89. The number of urea groups is 1. The first kappa shape index (κ1) is 23.4. The van der Waals surface area contributed by atoms with Crippen molar-refractivity contribution in [3.8, 4) is 0 Å². The van der Waals surface area contributed by atoms with Gasteiger partial charge in [-0.3, -0.25) is 9.78 Å². The van der Waals surface area contributed by atoms with Gasteiger partial charge in [-0.15, -0.1) is 0 Å². The van der Waals surface area contributed by atoms with Crippen molar-refractivity contribution in [1.82, 2.24) is 14.9 Å². The van der Waals surface area contributed by atoms with Crippen LogP contribution in [0.25, 0.3) is 0 Å². The number of carbonyl (C=O) groups excluding carboxylic acids is 2. The van der Waals surface area contributed by atoms with Gasteiger partial charge in [0, 0.05) is 18.8 Å². The maximum Gasteiger partial charge on any atom is 0.332 e. The van der Waals surface area contributed by atoms with Crippen LogP contribution in [-0.4, -0.2) is 32.3 Å². The number of amides is 3. The lowest BCUT2D eigenvalue weighted by Crippen LogP contribution is -2.43. The Hall–Kier alpha value is -3.81. The van der Waals surface area contributed by atoms with E-state index in [-0.39, 0.29) is 23.9 Å². The second kappa shape index (κ2) is 8.52. The van der Waals surface area contributed by atoms with Gasteiger partial charge in [0.15, 0.2) is 0 Å². The van der Waals surface area contributed by atoms with Gasteiger partial charge < -0.3 is 10.2 Å². The lowest BCUT2D eigenvalue weighted by atomic mass is 9.87. The average molecular weight is 462 g/mol. The zero-order valence-electron chi connectivity index (χ0n) is 20.0. The van der Waals surface area contributed by atoms with Crippen molar-refractivity contribution in [1.29, 1.82) is 0 Å². The molecule has 1 saturated heterocycles. The summed E-state index contributed by atoms with van der Waals surface area (Å²) in [6.45, 7) is 10.0. The first-order valence-corrected chi connectivity index (χ1v) is 11.1. The third-order valence-electron chi connectivity index (χ3n) is 5.96. The quantitative estimate of drug-likeness (QED) is 0.515. The van der Waals surface area contributed by atoms with Crippen molar-refractivity contribution in [3.63, 3.8) is 0 Å². The Morgan fingerprint density at radius 1 is 1.03 bits per heavy atom. The number of hydrogen-bond acceptors (Lipinski definition) is 5. The Morgan fingerprint density at radius 2 is 1.74 bits per heavy atom. The zero-order valence-corrected chi connectivity index (χ0v) is 20.0. The number of nitrogens with zero attached hydrogens (tertiary/aromatic N) is 4. The van der Waals surface area contributed by atoms with Crippen LogP contribution in [0.15, 0.2) is 61.1 Å². The number of carbonyl (C=O) groups is 2. The van der Waals surface area contributed by atoms with Crippen LogP contribution in [0.3, 0.4) is 0 Å². The zero-order chi connectivity index (χ0) is 24.7. The summed E-state index contributed by atoms with van der Waals surface area (Å²) in [5.41, 5.74) is 1.86. The van der Waals surface area contributed by atoms with Gasteiger partial charge in [0.05, 0.1) is 23.8 Å². The number of nitrogens with one attached hydrogen (secondary N) is 1. The molecule has 0 bridgehead atoms. The van der Waals surface area contributed by atoms with Crippen molar-refractivity contribution in [2.24, 2.45) is 0 Å². The normalized spacial score (nSPS) is 15.7. The molecule has 1 fully saturated rings. The minimum absolute atomic E-state index is 0.0302. The molecule has 3 amide bonds. The minimum atomic E-state index is -1.02. The first-order valence-electron chi connectivity index (χ1n) is 11.1. The fourth-order valence-corrected chi connectivity index (χ4v) is 3.89. The molecule has 176 valence electrons. The molecule has 1 aliphatic rings. The van der Waals surface area contributed by atoms with Gasteiger partial charge in [0.2, 0.25) is 0 Å². The summed E-state index contributed by atoms with van der Waals surface area (Å²) in [5, 5.41) is 3.01. The van der Waals surface area contributed by atoms with Gasteiger partial charge in [-0.05, 0) is 54.7 Å². The Labute approximate surface area is 198 Å². The van der Waals surface area contributed by atoms with E-state index >= 15 is 0 Å². The molecule has 7 nitrogen and oxygen atoms in total. The van der Waals surface area contributed by atoms with Crippen LogP contribution in [0.1, 0.15) is 45.7 Å². The van der Waals surface area contributed by atoms with Crippen LogP contribution < -0.4 is 10.2 Å². The summed E-state index contributed by atoms with van der Waals surface area (Å²) in [6.07, 6.45) is 4.21. The molecule has 8 heteroatoms. The average Bonchev–Trinajstić information content (AvgIpc) is 2.93. The fraction of sp³-hybridized carbons (Fsp3) is 0.308. The lowest BCUT2D eigenvalue weighted by molar-refractivity contribution is -0.123. The van der Waals surface area contributed by atoms with E-state index in [4.69, 9.17) is 0 Å². The van der Waals surface area contributed by atoms with E-state index in [2.05, 4.69) is 36.1 Å². The highest BCUT2D eigenvalue weighted by molar-refractivity contribution is 6.22. The maximum atomic E-state index is 13.4. The Morgan fingerprint density at radius 3 is 2.38 bits per heavy atom. The summed E-state index contributed by atoms with van der Waals surface area (Å²) in [4.78, 5) is 37.5. The highest BCUT2D eigenvalue weighted by Gasteiger charge is 2.51. The molecule has 0 spiro atoms. The first-order chi connectivity index (χ1) is 16.0. The van der Waals surface area contributed by atoms with Crippen LogP contribution in [0.2, 0.25) is 0 Å². The summed E-state index contributed by atoms with van der Waals surface area (Å²) in [5.74, 6) is -0.255. The van der Waals surface area contributed by atoms with Gasteiger partial charge >= 0.3 is 6.03 Å². The van der Waals surface area contributed by atoms with Gasteiger partial charge in [-0.25, -0.2) is 19.1 Å². The standard InChI is InChI=1S/C26H28FN5O2/c1-25(2,3)18-6-8-21(9-7-18)32-23(33)26(4,5)31(24(32)34)16-17-10-11-29-22(12-17)30-20-13-19(27)14-28-15-20/h6-15H,16H2,1-5H3,(H,29,30). The number of halogens is 1. The number of benzene rings is 1. The molecule has 0 aliphatic carbocycles. The molecule has 3 aromatic rings. The van der Waals surface area contributed by atoms with Gasteiger partial charge in [0.25, 0.3) is 5.91 Å². The molecule has 1 N–H and O–H groups in total. The monoisotopic (exact) mass is 461 g/mol. The van der Waals surface area contributed by atoms with Crippen molar-refractivity contribution < 1.29 is 14.0 Å². The van der Waals surface area contributed by atoms with Gasteiger partial charge in [0.1, 0.15) is 17.2 Å². The van der Waals surface area contributed by atoms with Crippen molar-refractivity contribution in [3.05, 3.63) is 78.0 Å². The number of aromatic nitrogens is 2. The van der Waals surface area contributed by atoms with Crippen LogP contribution in [0.5, 0.6) is 0 Å². The second-order valence-electron chi connectivity index (χ2n) is 9.93. The van der Waals surface area contributed by atoms with Gasteiger partial charge in [-0.1, -0.05) is 32.9 Å². The Balaban J connectivity index is 1.57. The van der Waals surface area contributed by atoms with E-state index in [1.807, 2.05) is 24.3 Å². The highest BCUT2D eigenvalue weighted by Crippen LogP contribution is 2.34. The van der Waals surface area contributed by atoms with Crippen molar-refractivity contribution in [2.45, 2.75) is 52.1 Å². The van der Waals surface area contributed by atoms with Crippen LogP contribution in [0, 0.1) is 5.82 Å². The third-order valence-corrected chi connectivity index (χ3v) is 5.96. The van der Waals surface area contributed by atoms with E-state index in [9.17, 15) is 14.0 Å². The molecule has 0 atom stereocenters. The van der Waals surface area contributed by atoms with Crippen LogP contribution >= 0.6 is 0 Å². The third kappa shape index (κ3) is 4.48. The molecular formula is C26H28FN5O2. The number of hydrogen-bond donors (Lipinski definition) is 1. The molecule has 0 saturated carbocycles. The topological polar surface area (TPSA) is 78.4 Å². The summed E-state index contributed by atoms with van der Waals surface area (Å²) >= 11 is 0. The number of rotatable bonds is 5. The molecule has 1 aromatic carbocycles. The van der Waals surface area contributed by atoms with Crippen molar-refractivity contribution >= 4 is 29.1 Å².